The van der Waals surface area contributed by atoms with Crippen LogP contribution < -0.4 is 15.4 Å². The highest BCUT2D eigenvalue weighted by Crippen LogP contribution is 2.22. The zero-order valence-electron chi connectivity index (χ0n) is 13.0. The van der Waals surface area contributed by atoms with E-state index in [1.165, 1.54) is 5.56 Å². The molecule has 1 aromatic carbocycles. The van der Waals surface area contributed by atoms with Crippen molar-refractivity contribution in [3.05, 3.63) is 29.8 Å². The van der Waals surface area contributed by atoms with Gasteiger partial charge in [-0.05, 0) is 43.4 Å². The van der Waals surface area contributed by atoms with E-state index in [2.05, 4.69) is 23.6 Å². The largest absolute Gasteiger partial charge is 0.496 e. The predicted octanol–water partition coefficient (Wildman–Crippen LogP) is 2.13. The Kier molecular flexibility index (Phi) is 6.05. The van der Waals surface area contributed by atoms with Gasteiger partial charge in [0.05, 0.1) is 7.11 Å². The molecule has 0 bridgehead atoms. The van der Waals surface area contributed by atoms with Crippen molar-refractivity contribution in [1.82, 2.24) is 10.6 Å². The number of hydrogen-bond acceptors (Lipinski definition) is 3. The summed E-state index contributed by atoms with van der Waals surface area (Å²) in [4.78, 5) is 12.1. The van der Waals surface area contributed by atoms with Gasteiger partial charge < -0.3 is 15.4 Å². The summed E-state index contributed by atoms with van der Waals surface area (Å²) in [5.41, 5.74) is 1.17. The minimum absolute atomic E-state index is 0.158. The summed E-state index contributed by atoms with van der Waals surface area (Å²) >= 11 is 0. The molecule has 1 saturated heterocycles. The van der Waals surface area contributed by atoms with E-state index in [4.69, 9.17) is 4.74 Å². The SMILES string of the molecule is COc1ccccc1CC(C)CC(=O)NC1CCCNC1. The number of amides is 1. The third-order valence-corrected chi connectivity index (χ3v) is 3.96. The number of piperidine rings is 1. The van der Waals surface area contributed by atoms with Crippen LogP contribution in [0.5, 0.6) is 5.75 Å². The van der Waals surface area contributed by atoms with Gasteiger partial charge in [0, 0.05) is 19.0 Å². The van der Waals surface area contributed by atoms with Crippen LogP contribution >= 0.6 is 0 Å². The van der Waals surface area contributed by atoms with Gasteiger partial charge in [0.2, 0.25) is 5.91 Å². The van der Waals surface area contributed by atoms with E-state index in [1.54, 1.807) is 7.11 Å². The number of benzene rings is 1. The second-order valence-electron chi connectivity index (χ2n) is 5.94. The van der Waals surface area contributed by atoms with E-state index in [1.807, 2.05) is 18.2 Å². The summed E-state index contributed by atoms with van der Waals surface area (Å²) < 4.78 is 5.36. The Morgan fingerprint density at radius 1 is 1.48 bits per heavy atom. The molecule has 1 fully saturated rings. The van der Waals surface area contributed by atoms with Gasteiger partial charge in [-0.25, -0.2) is 0 Å². The zero-order valence-corrected chi connectivity index (χ0v) is 13.0. The molecule has 1 aromatic rings. The number of hydrogen-bond donors (Lipinski definition) is 2. The van der Waals surface area contributed by atoms with Gasteiger partial charge in [0.15, 0.2) is 0 Å². The average Bonchev–Trinajstić information content (AvgIpc) is 2.48. The van der Waals surface area contributed by atoms with Crippen LogP contribution in [0.4, 0.5) is 0 Å². The normalized spacial score (nSPS) is 19.8. The second kappa shape index (κ2) is 8.03. The molecular weight excluding hydrogens is 264 g/mol. The fourth-order valence-electron chi connectivity index (χ4n) is 2.90. The molecule has 4 heteroatoms. The first kappa shape index (κ1) is 15.8. The summed E-state index contributed by atoms with van der Waals surface area (Å²) in [7, 11) is 1.69. The molecule has 1 aliphatic rings. The third-order valence-electron chi connectivity index (χ3n) is 3.96. The number of methoxy groups -OCH3 is 1. The number of rotatable bonds is 6. The van der Waals surface area contributed by atoms with Gasteiger partial charge in [-0.3, -0.25) is 4.79 Å². The molecule has 2 N–H and O–H groups in total. The van der Waals surface area contributed by atoms with E-state index in [9.17, 15) is 4.79 Å². The number of para-hydroxylation sites is 1. The lowest BCUT2D eigenvalue weighted by Crippen LogP contribution is -2.45. The Morgan fingerprint density at radius 3 is 3.00 bits per heavy atom. The van der Waals surface area contributed by atoms with Crippen LogP contribution in [0.3, 0.4) is 0 Å². The number of carbonyl (C=O) groups is 1. The Morgan fingerprint density at radius 2 is 2.29 bits per heavy atom. The molecule has 4 nitrogen and oxygen atoms in total. The van der Waals surface area contributed by atoms with Crippen LogP contribution in [0.15, 0.2) is 24.3 Å². The third kappa shape index (κ3) is 5.05. The van der Waals surface area contributed by atoms with Crippen LogP contribution in [0.2, 0.25) is 0 Å². The summed E-state index contributed by atoms with van der Waals surface area (Å²) in [6, 6.07) is 8.31. The van der Waals surface area contributed by atoms with Gasteiger partial charge in [-0.15, -0.1) is 0 Å². The minimum Gasteiger partial charge on any atom is -0.496 e. The summed E-state index contributed by atoms with van der Waals surface area (Å²) in [5.74, 6) is 1.37. The first-order chi connectivity index (χ1) is 10.2. The van der Waals surface area contributed by atoms with Crippen LogP contribution in [-0.2, 0) is 11.2 Å². The van der Waals surface area contributed by atoms with E-state index < -0.39 is 0 Å². The molecular formula is C17H26N2O2. The molecule has 0 aliphatic carbocycles. The molecule has 2 atom stereocenters. The second-order valence-corrected chi connectivity index (χ2v) is 5.94. The van der Waals surface area contributed by atoms with Gasteiger partial charge in [0.1, 0.15) is 5.75 Å². The van der Waals surface area contributed by atoms with Crippen LogP contribution in [0, 0.1) is 5.92 Å². The molecule has 1 heterocycles. The lowest BCUT2D eigenvalue weighted by atomic mass is 9.96. The lowest BCUT2D eigenvalue weighted by Gasteiger charge is -2.24. The van der Waals surface area contributed by atoms with Crippen molar-refractivity contribution in [2.75, 3.05) is 20.2 Å². The van der Waals surface area contributed by atoms with E-state index in [-0.39, 0.29) is 5.91 Å². The van der Waals surface area contributed by atoms with Crippen LogP contribution in [0.25, 0.3) is 0 Å². The molecule has 0 aromatic heterocycles. The maximum Gasteiger partial charge on any atom is 0.220 e. The molecule has 21 heavy (non-hydrogen) atoms. The van der Waals surface area contributed by atoms with Gasteiger partial charge in [-0.2, -0.15) is 0 Å². The Balaban J connectivity index is 1.80. The van der Waals surface area contributed by atoms with Crippen LogP contribution in [0.1, 0.15) is 31.7 Å². The number of nitrogens with one attached hydrogen (secondary N) is 2. The molecule has 2 rings (SSSR count). The van der Waals surface area contributed by atoms with Crippen molar-refractivity contribution in [2.45, 2.75) is 38.6 Å². The fraction of sp³-hybridized carbons (Fsp3) is 0.588. The maximum absolute atomic E-state index is 12.1. The number of carbonyl (C=O) groups excluding carboxylic acids is 1. The first-order valence-corrected chi connectivity index (χ1v) is 7.81. The van der Waals surface area contributed by atoms with E-state index >= 15 is 0 Å². The van der Waals surface area contributed by atoms with E-state index in [0.717, 1.165) is 38.1 Å². The summed E-state index contributed by atoms with van der Waals surface area (Å²) in [5, 5.41) is 6.45. The smallest absolute Gasteiger partial charge is 0.220 e. The molecule has 1 amide bonds. The molecule has 2 unspecified atom stereocenters. The average molecular weight is 290 g/mol. The first-order valence-electron chi connectivity index (χ1n) is 7.81. The van der Waals surface area contributed by atoms with Crippen molar-refractivity contribution < 1.29 is 9.53 Å². The highest BCUT2D eigenvalue weighted by Gasteiger charge is 2.17. The number of ether oxygens (including phenoxy) is 1. The van der Waals surface area contributed by atoms with Crippen molar-refractivity contribution in [2.24, 2.45) is 5.92 Å². The summed E-state index contributed by atoms with van der Waals surface area (Å²) in [6.07, 6.45) is 3.65. The van der Waals surface area contributed by atoms with Gasteiger partial charge in [0.25, 0.3) is 0 Å². The predicted molar refractivity (Wildman–Crippen MR) is 84.5 cm³/mol. The zero-order chi connectivity index (χ0) is 15.1. The Bertz CT molecular complexity index is 456. The van der Waals surface area contributed by atoms with Crippen molar-refractivity contribution in [3.8, 4) is 5.75 Å². The van der Waals surface area contributed by atoms with E-state index in [0.29, 0.717) is 18.4 Å². The highest BCUT2D eigenvalue weighted by atomic mass is 16.5. The van der Waals surface area contributed by atoms with Gasteiger partial charge in [-0.1, -0.05) is 25.1 Å². The summed E-state index contributed by atoms with van der Waals surface area (Å²) in [6.45, 7) is 4.08. The quantitative estimate of drug-likeness (QED) is 0.844. The van der Waals surface area contributed by atoms with Crippen molar-refractivity contribution in [1.29, 1.82) is 0 Å². The Hall–Kier alpha value is -1.55. The minimum atomic E-state index is 0.158. The molecule has 1 aliphatic heterocycles. The molecule has 0 saturated carbocycles. The van der Waals surface area contributed by atoms with Gasteiger partial charge >= 0.3 is 0 Å². The molecule has 116 valence electrons. The molecule has 0 spiro atoms. The fourth-order valence-corrected chi connectivity index (χ4v) is 2.90. The maximum atomic E-state index is 12.1. The van der Waals surface area contributed by atoms with Crippen molar-refractivity contribution in [3.63, 3.8) is 0 Å². The topological polar surface area (TPSA) is 50.4 Å². The standard InChI is InChI=1S/C17H26N2O2/c1-13(10-14-6-3-4-8-16(14)21-2)11-17(20)19-15-7-5-9-18-12-15/h3-4,6,8,13,15,18H,5,7,9-12H2,1-2H3,(H,19,20). The molecule has 0 radical (unpaired) electrons. The van der Waals surface area contributed by atoms with Crippen LogP contribution in [-0.4, -0.2) is 32.1 Å². The highest BCUT2D eigenvalue weighted by molar-refractivity contribution is 5.76. The Labute approximate surface area is 127 Å². The monoisotopic (exact) mass is 290 g/mol. The van der Waals surface area contributed by atoms with Crippen molar-refractivity contribution >= 4 is 5.91 Å². The lowest BCUT2D eigenvalue weighted by molar-refractivity contribution is -0.122.